The number of carbonyl (C=O) groups is 3. The van der Waals surface area contributed by atoms with E-state index in [1.54, 1.807) is 24.3 Å². The molecule has 0 saturated heterocycles. The number of hydrogen-bond acceptors (Lipinski definition) is 6. The Balaban J connectivity index is 1.37. The summed E-state index contributed by atoms with van der Waals surface area (Å²) >= 11 is 1.15. The van der Waals surface area contributed by atoms with Gasteiger partial charge in [0, 0.05) is 6.04 Å². The van der Waals surface area contributed by atoms with E-state index in [1.165, 1.54) is 6.42 Å². The summed E-state index contributed by atoms with van der Waals surface area (Å²) in [5.74, 6) is -0.675. The molecule has 0 unspecified atom stereocenters. The van der Waals surface area contributed by atoms with Crippen LogP contribution in [0.5, 0.6) is 0 Å². The van der Waals surface area contributed by atoms with Crippen LogP contribution in [-0.4, -0.2) is 39.0 Å². The SMILES string of the molecule is O=C(Nc1nnc(CN2C(=O)c3ccccc3C2=O)s1)NC1CCCCC1. The Labute approximate surface area is 160 Å². The van der Waals surface area contributed by atoms with Crippen LogP contribution in [0.15, 0.2) is 24.3 Å². The molecule has 4 rings (SSSR count). The highest BCUT2D eigenvalue weighted by Crippen LogP contribution is 2.26. The molecule has 0 radical (unpaired) electrons. The van der Waals surface area contributed by atoms with E-state index in [-0.39, 0.29) is 30.4 Å². The minimum atomic E-state index is -0.338. The number of benzene rings is 1. The van der Waals surface area contributed by atoms with Crippen LogP contribution in [0, 0.1) is 0 Å². The summed E-state index contributed by atoms with van der Waals surface area (Å²) in [4.78, 5) is 38.0. The van der Waals surface area contributed by atoms with E-state index in [0.29, 0.717) is 21.3 Å². The lowest BCUT2D eigenvalue weighted by molar-refractivity contribution is 0.0642. The first-order chi connectivity index (χ1) is 13.1. The first kappa shape index (κ1) is 17.6. The lowest BCUT2D eigenvalue weighted by atomic mass is 9.96. The van der Waals surface area contributed by atoms with Crippen molar-refractivity contribution in [1.82, 2.24) is 20.4 Å². The third-order valence-electron chi connectivity index (χ3n) is 4.80. The van der Waals surface area contributed by atoms with Gasteiger partial charge in [0.25, 0.3) is 11.8 Å². The van der Waals surface area contributed by atoms with Gasteiger partial charge in [-0.3, -0.25) is 19.8 Å². The fourth-order valence-corrected chi connectivity index (χ4v) is 4.18. The molecule has 9 heteroatoms. The summed E-state index contributed by atoms with van der Waals surface area (Å²) in [6.45, 7) is 0.0376. The second kappa shape index (κ2) is 7.43. The zero-order chi connectivity index (χ0) is 18.8. The highest BCUT2D eigenvalue weighted by molar-refractivity contribution is 7.15. The van der Waals surface area contributed by atoms with Crippen LogP contribution in [-0.2, 0) is 6.54 Å². The van der Waals surface area contributed by atoms with Gasteiger partial charge in [0.15, 0.2) is 0 Å². The molecule has 4 amide bonds. The number of rotatable bonds is 4. The summed E-state index contributed by atoms with van der Waals surface area (Å²) in [6, 6.07) is 6.63. The van der Waals surface area contributed by atoms with Gasteiger partial charge in [-0.05, 0) is 25.0 Å². The maximum absolute atomic E-state index is 12.4. The third kappa shape index (κ3) is 3.68. The van der Waals surface area contributed by atoms with E-state index in [4.69, 9.17) is 0 Å². The maximum Gasteiger partial charge on any atom is 0.321 e. The Morgan fingerprint density at radius 3 is 2.41 bits per heavy atom. The van der Waals surface area contributed by atoms with Crippen LogP contribution in [0.25, 0.3) is 0 Å². The molecule has 1 fully saturated rings. The topological polar surface area (TPSA) is 104 Å². The molecule has 1 aliphatic carbocycles. The van der Waals surface area contributed by atoms with Gasteiger partial charge in [0.05, 0.1) is 17.7 Å². The molecule has 1 aliphatic heterocycles. The summed E-state index contributed by atoms with van der Waals surface area (Å²) in [7, 11) is 0. The zero-order valence-corrected chi connectivity index (χ0v) is 15.4. The van der Waals surface area contributed by atoms with Crippen molar-refractivity contribution in [3.63, 3.8) is 0 Å². The average Bonchev–Trinajstić information content (AvgIpc) is 3.21. The van der Waals surface area contributed by atoms with E-state index < -0.39 is 0 Å². The summed E-state index contributed by atoms with van der Waals surface area (Å²) < 4.78 is 0. The van der Waals surface area contributed by atoms with Crippen LogP contribution in [0.2, 0.25) is 0 Å². The van der Waals surface area contributed by atoms with Crippen molar-refractivity contribution in [2.45, 2.75) is 44.7 Å². The van der Waals surface area contributed by atoms with Gasteiger partial charge in [-0.15, -0.1) is 10.2 Å². The van der Waals surface area contributed by atoms with Crippen LogP contribution in [0.4, 0.5) is 9.93 Å². The molecule has 2 aliphatic rings. The van der Waals surface area contributed by atoms with E-state index >= 15 is 0 Å². The van der Waals surface area contributed by atoms with Gasteiger partial charge in [0.1, 0.15) is 5.01 Å². The Morgan fingerprint density at radius 1 is 1.07 bits per heavy atom. The van der Waals surface area contributed by atoms with Crippen LogP contribution in [0.1, 0.15) is 57.8 Å². The van der Waals surface area contributed by atoms with Gasteiger partial charge < -0.3 is 5.32 Å². The molecule has 0 atom stereocenters. The van der Waals surface area contributed by atoms with Gasteiger partial charge in [-0.1, -0.05) is 42.7 Å². The number of nitrogens with one attached hydrogen (secondary N) is 2. The van der Waals surface area contributed by atoms with Gasteiger partial charge >= 0.3 is 6.03 Å². The average molecular weight is 385 g/mol. The quantitative estimate of drug-likeness (QED) is 0.788. The summed E-state index contributed by atoms with van der Waals surface area (Å²) in [5, 5.41) is 14.4. The molecular formula is C18H19N5O3S. The summed E-state index contributed by atoms with van der Waals surface area (Å²) in [5.41, 5.74) is 0.800. The van der Waals surface area contributed by atoms with E-state index in [9.17, 15) is 14.4 Å². The Kier molecular flexibility index (Phi) is 4.85. The molecule has 2 aromatic rings. The molecule has 27 heavy (non-hydrogen) atoms. The first-order valence-electron chi connectivity index (χ1n) is 8.97. The molecule has 140 valence electrons. The standard InChI is InChI=1S/C18H19N5O3S/c24-15-12-8-4-5-9-13(12)16(25)23(15)10-14-21-22-18(27-14)20-17(26)19-11-6-2-1-3-7-11/h4-5,8-9,11H,1-3,6-7,10H2,(H2,19,20,22,26). The van der Waals surface area contributed by atoms with Crippen molar-refractivity contribution in [3.8, 4) is 0 Å². The number of carbonyl (C=O) groups excluding carboxylic acids is 3. The maximum atomic E-state index is 12.4. The molecular weight excluding hydrogens is 366 g/mol. The number of amides is 4. The van der Waals surface area contributed by atoms with E-state index in [2.05, 4.69) is 20.8 Å². The molecule has 1 aromatic carbocycles. The number of urea groups is 1. The Morgan fingerprint density at radius 2 is 1.74 bits per heavy atom. The molecule has 1 saturated carbocycles. The number of nitrogens with zero attached hydrogens (tertiary/aromatic N) is 3. The number of aromatic nitrogens is 2. The molecule has 2 N–H and O–H groups in total. The molecule has 0 spiro atoms. The molecule has 1 aromatic heterocycles. The largest absolute Gasteiger partial charge is 0.335 e. The number of anilines is 1. The van der Waals surface area contributed by atoms with Crippen molar-refractivity contribution < 1.29 is 14.4 Å². The molecule has 2 heterocycles. The normalized spacial score (nSPS) is 17.1. The first-order valence-corrected chi connectivity index (χ1v) is 9.78. The predicted octanol–water partition coefficient (Wildman–Crippen LogP) is 2.79. The van der Waals surface area contributed by atoms with Crippen LogP contribution < -0.4 is 10.6 Å². The number of imide groups is 1. The van der Waals surface area contributed by atoms with Gasteiger partial charge in [-0.25, -0.2) is 4.79 Å². The number of fused-ring (bicyclic) bond motifs is 1. The third-order valence-corrected chi connectivity index (χ3v) is 5.62. The lowest BCUT2D eigenvalue weighted by Gasteiger charge is -2.22. The zero-order valence-electron chi connectivity index (χ0n) is 14.6. The van der Waals surface area contributed by atoms with Crippen molar-refractivity contribution in [2.24, 2.45) is 0 Å². The minimum absolute atomic E-state index is 0.0376. The molecule has 0 bridgehead atoms. The highest BCUT2D eigenvalue weighted by Gasteiger charge is 2.35. The summed E-state index contributed by atoms with van der Waals surface area (Å²) in [6.07, 6.45) is 5.47. The Hall–Kier alpha value is -2.81. The van der Waals surface area contributed by atoms with Crippen molar-refractivity contribution in [1.29, 1.82) is 0 Å². The Bertz CT molecular complexity index is 856. The fraction of sp³-hybridized carbons (Fsp3) is 0.389. The second-order valence-corrected chi connectivity index (χ2v) is 7.74. The van der Waals surface area contributed by atoms with E-state index in [1.807, 2.05) is 0 Å². The van der Waals surface area contributed by atoms with E-state index in [0.717, 1.165) is 41.9 Å². The number of hydrogen-bond donors (Lipinski definition) is 2. The van der Waals surface area contributed by atoms with Crippen LogP contribution >= 0.6 is 11.3 Å². The van der Waals surface area contributed by atoms with Gasteiger partial charge in [-0.2, -0.15) is 0 Å². The highest BCUT2D eigenvalue weighted by atomic mass is 32.1. The fourth-order valence-electron chi connectivity index (χ4n) is 3.45. The van der Waals surface area contributed by atoms with Crippen molar-refractivity contribution >= 4 is 34.3 Å². The smallest absolute Gasteiger partial charge is 0.321 e. The van der Waals surface area contributed by atoms with Crippen LogP contribution in [0.3, 0.4) is 0 Å². The minimum Gasteiger partial charge on any atom is -0.335 e. The van der Waals surface area contributed by atoms with Crippen molar-refractivity contribution in [2.75, 3.05) is 5.32 Å². The second-order valence-electron chi connectivity index (χ2n) is 6.68. The monoisotopic (exact) mass is 385 g/mol. The van der Waals surface area contributed by atoms with Crippen molar-refractivity contribution in [3.05, 3.63) is 40.4 Å². The lowest BCUT2D eigenvalue weighted by Crippen LogP contribution is -2.38. The molecule has 8 nitrogen and oxygen atoms in total. The van der Waals surface area contributed by atoms with Gasteiger partial charge in [0.2, 0.25) is 5.13 Å². The predicted molar refractivity (Wildman–Crippen MR) is 99.6 cm³/mol.